The lowest BCUT2D eigenvalue weighted by Crippen LogP contribution is -2.13. The number of allylic oxidation sites excluding steroid dienone is 2. The van der Waals surface area contributed by atoms with E-state index in [-0.39, 0.29) is 17.3 Å². The highest BCUT2D eigenvalue weighted by Crippen LogP contribution is 2.25. The van der Waals surface area contributed by atoms with Crippen molar-refractivity contribution < 1.29 is 13.9 Å². The van der Waals surface area contributed by atoms with Crippen molar-refractivity contribution in [2.75, 3.05) is 11.9 Å². The number of rotatable bonds is 9. The average molecular weight is 407 g/mol. The number of pyridine rings is 1. The lowest BCUT2D eigenvalue weighted by molar-refractivity contribution is 0.102. The summed E-state index contributed by atoms with van der Waals surface area (Å²) >= 11 is 0. The summed E-state index contributed by atoms with van der Waals surface area (Å²) in [6.45, 7) is 4.46. The molecule has 1 aromatic heterocycles. The number of aryl methyl sites for hydroxylation is 1. The van der Waals surface area contributed by atoms with E-state index in [2.05, 4.69) is 29.4 Å². The summed E-state index contributed by atoms with van der Waals surface area (Å²) in [6.07, 6.45) is 8.16. The largest absolute Gasteiger partial charge is 0.490 e. The molecular weight excluding hydrogens is 379 g/mol. The Morgan fingerprint density at radius 1 is 1.13 bits per heavy atom. The molecule has 3 rings (SSSR count). The summed E-state index contributed by atoms with van der Waals surface area (Å²) in [7, 11) is 0. The van der Waals surface area contributed by atoms with Gasteiger partial charge in [-0.1, -0.05) is 31.2 Å². The quantitative estimate of drug-likeness (QED) is 0.328. The Balaban J connectivity index is 1.62. The number of anilines is 1. The number of carbonyl (C=O) groups is 1. The number of aromatic nitrogens is 1. The molecule has 30 heavy (non-hydrogen) atoms. The van der Waals surface area contributed by atoms with Gasteiger partial charge in [0.25, 0.3) is 5.91 Å². The molecule has 3 aromatic rings. The molecule has 1 N–H and O–H groups in total. The Hall–Kier alpha value is -3.21. The number of amides is 1. The van der Waals surface area contributed by atoms with E-state index in [4.69, 9.17) is 4.74 Å². The first-order chi connectivity index (χ1) is 14.6. The molecule has 5 heteroatoms. The molecular formula is C25H27FN2O2. The predicted octanol–water partition coefficient (Wildman–Crippen LogP) is 6.45. The number of carbonyl (C=O) groups excluding carboxylic acids is 1. The highest BCUT2D eigenvalue weighted by Gasteiger charge is 2.14. The van der Waals surface area contributed by atoms with Gasteiger partial charge in [-0.25, -0.2) is 4.39 Å². The van der Waals surface area contributed by atoms with Gasteiger partial charge in [0.05, 0.1) is 17.8 Å². The number of benzene rings is 2. The van der Waals surface area contributed by atoms with Crippen molar-refractivity contribution in [2.24, 2.45) is 0 Å². The van der Waals surface area contributed by atoms with Gasteiger partial charge < -0.3 is 10.1 Å². The van der Waals surface area contributed by atoms with Crippen LogP contribution in [0.3, 0.4) is 0 Å². The summed E-state index contributed by atoms with van der Waals surface area (Å²) in [4.78, 5) is 17.1. The van der Waals surface area contributed by atoms with Crippen LogP contribution in [0.25, 0.3) is 10.9 Å². The third kappa shape index (κ3) is 5.66. The second-order valence-electron chi connectivity index (χ2n) is 7.16. The van der Waals surface area contributed by atoms with Gasteiger partial charge in [0, 0.05) is 16.6 Å². The monoisotopic (exact) mass is 406 g/mol. The molecule has 0 saturated heterocycles. The second kappa shape index (κ2) is 10.5. The van der Waals surface area contributed by atoms with Gasteiger partial charge in [0.1, 0.15) is 0 Å². The van der Waals surface area contributed by atoms with E-state index in [0.29, 0.717) is 12.2 Å². The minimum Gasteiger partial charge on any atom is -0.490 e. The van der Waals surface area contributed by atoms with Crippen LogP contribution in [0.2, 0.25) is 0 Å². The van der Waals surface area contributed by atoms with Crippen molar-refractivity contribution >= 4 is 22.5 Å². The van der Waals surface area contributed by atoms with Crippen molar-refractivity contribution in [3.05, 3.63) is 77.8 Å². The van der Waals surface area contributed by atoms with Gasteiger partial charge in [0.2, 0.25) is 0 Å². The molecule has 0 aliphatic heterocycles. The van der Waals surface area contributed by atoms with Gasteiger partial charge in [-0.2, -0.15) is 0 Å². The van der Waals surface area contributed by atoms with E-state index in [1.165, 1.54) is 6.07 Å². The fourth-order valence-corrected chi connectivity index (χ4v) is 3.11. The average Bonchev–Trinajstić information content (AvgIpc) is 2.75. The van der Waals surface area contributed by atoms with E-state index in [1.807, 2.05) is 19.1 Å². The molecule has 2 aromatic carbocycles. The fourth-order valence-electron chi connectivity index (χ4n) is 3.11. The molecule has 4 nitrogen and oxygen atoms in total. The molecule has 0 aliphatic carbocycles. The Labute approximate surface area is 176 Å². The third-order valence-electron chi connectivity index (χ3n) is 4.73. The number of unbranched alkanes of at least 4 members (excludes halogenated alkanes) is 2. The smallest absolute Gasteiger partial charge is 0.255 e. The molecule has 1 amide bonds. The van der Waals surface area contributed by atoms with Gasteiger partial charge in [0.15, 0.2) is 11.6 Å². The number of ether oxygens (including phenoxy) is 1. The van der Waals surface area contributed by atoms with Crippen molar-refractivity contribution in [3.63, 3.8) is 0 Å². The van der Waals surface area contributed by atoms with Gasteiger partial charge in [-0.05, 0) is 69.0 Å². The summed E-state index contributed by atoms with van der Waals surface area (Å²) in [5.41, 5.74) is 2.28. The Kier molecular flexibility index (Phi) is 7.55. The maximum absolute atomic E-state index is 14.8. The van der Waals surface area contributed by atoms with Crippen molar-refractivity contribution in [3.8, 4) is 5.75 Å². The van der Waals surface area contributed by atoms with E-state index in [1.54, 1.807) is 30.3 Å². The maximum atomic E-state index is 14.8. The molecule has 1 heterocycles. The number of fused-ring (bicyclic) bond motifs is 1. The van der Waals surface area contributed by atoms with Crippen LogP contribution in [-0.4, -0.2) is 17.5 Å². The van der Waals surface area contributed by atoms with Gasteiger partial charge in [-0.3, -0.25) is 9.78 Å². The first-order valence-corrected chi connectivity index (χ1v) is 10.3. The highest BCUT2D eigenvalue weighted by atomic mass is 19.1. The van der Waals surface area contributed by atoms with Crippen LogP contribution in [0.1, 0.15) is 48.7 Å². The minimum absolute atomic E-state index is 0.102. The van der Waals surface area contributed by atoms with Crippen LogP contribution in [-0.2, 0) is 0 Å². The molecule has 0 bridgehead atoms. The lowest BCUT2D eigenvalue weighted by atomic mass is 10.1. The molecule has 0 saturated carbocycles. The summed E-state index contributed by atoms with van der Waals surface area (Å²) < 4.78 is 20.3. The Morgan fingerprint density at radius 2 is 2.00 bits per heavy atom. The standard InChI is InChI=1S/C25H27FN2O2/c1-3-4-5-6-7-8-16-30-23-11-9-10-22(24(23)26)28-25(29)20-14-15-21-19(17-20)13-12-18(2)27-21/h4-5,9-15,17H,3,6-8,16H2,1-2H3,(H,28,29). The van der Waals surface area contributed by atoms with E-state index in [0.717, 1.165) is 42.3 Å². The van der Waals surface area contributed by atoms with Crippen LogP contribution in [0.5, 0.6) is 5.75 Å². The molecule has 0 aliphatic rings. The van der Waals surface area contributed by atoms with Gasteiger partial charge in [-0.15, -0.1) is 0 Å². The van der Waals surface area contributed by atoms with Crippen LogP contribution >= 0.6 is 0 Å². The van der Waals surface area contributed by atoms with Crippen LogP contribution < -0.4 is 10.1 Å². The highest BCUT2D eigenvalue weighted by molar-refractivity contribution is 6.06. The summed E-state index contributed by atoms with van der Waals surface area (Å²) in [5.74, 6) is -0.791. The lowest BCUT2D eigenvalue weighted by Gasteiger charge is -2.11. The molecule has 0 radical (unpaired) electrons. The van der Waals surface area contributed by atoms with E-state index >= 15 is 0 Å². The molecule has 0 atom stereocenters. The molecule has 0 spiro atoms. The predicted molar refractivity (Wildman–Crippen MR) is 120 cm³/mol. The number of nitrogens with zero attached hydrogens (tertiary/aromatic N) is 1. The number of hydrogen-bond donors (Lipinski definition) is 1. The Bertz CT molecular complexity index is 1050. The zero-order valence-electron chi connectivity index (χ0n) is 17.5. The van der Waals surface area contributed by atoms with Crippen LogP contribution in [0.15, 0.2) is 60.7 Å². The zero-order valence-corrected chi connectivity index (χ0v) is 17.5. The van der Waals surface area contributed by atoms with Crippen LogP contribution in [0, 0.1) is 12.7 Å². The minimum atomic E-state index is -0.560. The number of nitrogens with one attached hydrogen (secondary N) is 1. The van der Waals surface area contributed by atoms with Crippen LogP contribution in [0.4, 0.5) is 10.1 Å². The molecule has 156 valence electrons. The first kappa shape index (κ1) is 21.5. The number of hydrogen-bond acceptors (Lipinski definition) is 3. The maximum Gasteiger partial charge on any atom is 0.255 e. The van der Waals surface area contributed by atoms with Gasteiger partial charge >= 0.3 is 0 Å². The topological polar surface area (TPSA) is 51.2 Å². The van der Waals surface area contributed by atoms with Crippen molar-refractivity contribution in [2.45, 2.75) is 39.5 Å². The number of halogens is 1. The first-order valence-electron chi connectivity index (χ1n) is 10.3. The van der Waals surface area contributed by atoms with Crippen molar-refractivity contribution in [1.29, 1.82) is 0 Å². The van der Waals surface area contributed by atoms with E-state index in [9.17, 15) is 9.18 Å². The Morgan fingerprint density at radius 3 is 2.83 bits per heavy atom. The van der Waals surface area contributed by atoms with Crippen molar-refractivity contribution in [1.82, 2.24) is 4.98 Å². The third-order valence-corrected chi connectivity index (χ3v) is 4.73. The summed E-state index contributed by atoms with van der Waals surface area (Å²) in [6, 6.07) is 13.8. The fraction of sp³-hybridized carbons (Fsp3) is 0.280. The molecule has 0 fully saturated rings. The normalized spacial score (nSPS) is 11.2. The zero-order chi connectivity index (χ0) is 21.3. The second-order valence-corrected chi connectivity index (χ2v) is 7.16. The SMILES string of the molecule is CCC=CCCCCOc1cccc(NC(=O)c2ccc3nc(C)ccc3c2)c1F. The van der Waals surface area contributed by atoms with E-state index < -0.39 is 5.82 Å². The summed E-state index contributed by atoms with van der Waals surface area (Å²) in [5, 5.41) is 3.50. The molecule has 0 unspecified atom stereocenters.